The molecule has 1 N–H and O–H groups in total. The first kappa shape index (κ1) is 12.5. The van der Waals surface area contributed by atoms with Crippen LogP contribution in [0.25, 0.3) is 0 Å². The molecule has 0 heterocycles. The van der Waals surface area contributed by atoms with Crippen LogP contribution in [0.2, 0.25) is 0 Å². The molecule has 0 unspecified atom stereocenters. The lowest BCUT2D eigenvalue weighted by Crippen LogP contribution is -2.34. The van der Waals surface area contributed by atoms with E-state index in [9.17, 15) is 4.79 Å². The van der Waals surface area contributed by atoms with Crippen molar-refractivity contribution in [3.63, 3.8) is 0 Å². The van der Waals surface area contributed by atoms with E-state index in [0.29, 0.717) is 6.54 Å². The number of nitrogens with one attached hydrogen (secondary N) is 1. The Bertz CT molecular complexity index is 348. The first-order valence-electron chi connectivity index (χ1n) is 4.61. The normalized spacial score (nSPS) is 11.2. The van der Waals surface area contributed by atoms with Gasteiger partial charge in [0.05, 0.1) is 0 Å². The van der Waals surface area contributed by atoms with E-state index in [4.69, 9.17) is 11.6 Å². The van der Waals surface area contributed by atoms with Gasteiger partial charge in [0.15, 0.2) is 0 Å². The maximum absolute atomic E-state index is 10.6. The maximum Gasteiger partial charge on any atom is 0.313 e. The van der Waals surface area contributed by atoms with Crippen molar-refractivity contribution in [3.05, 3.63) is 34.3 Å². The summed E-state index contributed by atoms with van der Waals surface area (Å²) in [4.78, 5) is 10.6. The van der Waals surface area contributed by atoms with Gasteiger partial charge in [0.1, 0.15) is 0 Å². The van der Waals surface area contributed by atoms with E-state index < -0.39 is 5.37 Å². The fourth-order valence-electron chi connectivity index (χ4n) is 1.29. The van der Waals surface area contributed by atoms with Gasteiger partial charge in [-0.15, -0.1) is 0 Å². The van der Waals surface area contributed by atoms with Crippen LogP contribution in [0.4, 0.5) is 4.79 Å². The second-order valence-electron chi connectivity index (χ2n) is 4.02. The zero-order valence-electron chi connectivity index (χ0n) is 8.68. The van der Waals surface area contributed by atoms with Crippen LogP contribution in [0.5, 0.6) is 0 Å². The van der Waals surface area contributed by atoms with Gasteiger partial charge in [-0.05, 0) is 29.3 Å². The summed E-state index contributed by atoms with van der Waals surface area (Å²) in [5.41, 5.74) is 1.04. The van der Waals surface area contributed by atoms with Crippen LogP contribution in [0, 0.1) is 0 Å². The van der Waals surface area contributed by atoms with Crippen molar-refractivity contribution in [2.45, 2.75) is 19.3 Å². The summed E-state index contributed by atoms with van der Waals surface area (Å²) in [7, 11) is 0. The largest absolute Gasteiger partial charge is 0.342 e. The van der Waals surface area contributed by atoms with Crippen LogP contribution < -0.4 is 5.32 Å². The van der Waals surface area contributed by atoms with Crippen LogP contribution in [0.15, 0.2) is 28.7 Å². The summed E-state index contributed by atoms with van der Waals surface area (Å²) in [6.45, 7) is 4.64. The van der Waals surface area contributed by atoms with E-state index in [1.54, 1.807) is 0 Å². The fourth-order valence-corrected chi connectivity index (χ4v) is 1.62. The quantitative estimate of drug-likeness (QED) is 0.668. The number of carbonyl (C=O) groups is 1. The average Bonchev–Trinajstić information content (AvgIpc) is 2.16. The van der Waals surface area contributed by atoms with Crippen LogP contribution in [0.1, 0.15) is 19.4 Å². The van der Waals surface area contributed by atoms with Crippen LogP contribution in [-0.2, 0) is 5.41 Å². The summed E-state index contributed by atoms with van der Waals surface area (Å²) >= 11 is 8.62. The van der Waals surface area contributed by atoms with Crippen molar-refractivity contribution in [3.8, 4) is 0 Å². The average molecular weight is 291 g/mol. The Balaban J connectivity index is 2.76. The number of halogens is 2. The highest BCUT2D eigenvalue weighted by molar-refractivity contribution is 9.10. The third kappa shape index (κ3) is 3.84. The molecule has 0 bridgehead atoms. The molecular formula is C11H13BrClNO. The molecule has 0 aromatic heterocycles. The number of carbonyl (C=O) groups excluding carboxylic acids is 1. The molecule has 1 rings (SSSR count). The lowest BCUT2D eigenvalue weighted by molar-refractivity contribution is 0.257. The molecule has 0 fully saturated rings. The number of hydrogen-bond donors (Lipinski definition) is 1. The summed E-state index contributed by atoms with van der Waals surface area (Å²) < 4.78 is 1.04. The zero-order valence-corrected chi connectivity index (χ0v) is 11.0. The van der Waals surface area contributed by atoms with E-state index in [1.165, 1.54) is 0 Å². The molecule has 0 aliphatic carbocycles. The molecule has 0 aliphatic rings. The molecule has 15 heavy (non-hydrogen) atoms. The Morgan fingerprint density at radius 3 is 2.40 bits per heavy atom. The summed E-state index contributed by atoms with van der Waals surface area (Å²) in [6, 6.07) is 8.04. The van der Waals surface area contributed by atoms with Gasteiger partial charge >= 0.3 is 5.37 Å². The minimum absolute atomic E-state index is 0.120. The Kier molecular flexibility index (Phi) is 4.17. The van der Waals surface area contributed by atoms with Gasteiger partial charge < -0.3 is 5.32 Å². The number of hydrogen-bond acceptors (Lipinski definition) is 1. The summed E-state index contributed by atoms with van der Waals surface area (Å²) in [5, 5.41) is 2.10. The van der Waals surface area contributed by atoms with E-state index in [2.05, 4.69) is 35.1 Å². The predicted molar refractivity (Wildman–Crippen MR) is 66.4 cm³/mol. The van der Waals surface area contributed by atoms with E-state index in [-0.39, 0.29) is 5.41 Å². The molecule has 4 heteroatoms. The summed E-state index contributed by atoms with van der Waals surface area (Å²) in [5.74, 6) is 0. The van der Waals surface area contributed by atoms with Gasteiger partial charge in [-0.3, -0.25) is 4.79 Å². The van der Waals surface area contributed by atoms with Crippen molar-refractivity contribution < 1.29 is 4.79 Å². The molecule has 2 nitrogen and oxygen atoms in total. The van der Waals surface area contributed by atoms with Crippen molar-refractivity contribution >= 4 is 32.9 Å². The van der Waals surface area contributed by atoms with E-state index >= 15 is 0 Å². The van der Waals surface area contributed by atoms with Crippen molar-refractivity contribution in [2.75, 3.05) is 6.54 Å². The second-order valence-corrected chi connectivity index (χ2v) is 5.28. The lowest BCUT2D eigenvalue weighted by atomic mass is 9.85. The third-order valence-electron chi connectivity index (χ3n) is 2.30. The first-order valence-corrected chi connectivity index (χ1v) is 5.78. The number of rotatable bonds is 3. The monoisotopic (exact) mass is 289 g/mol. The highest BCUT2D eigenvalue weighted by atomic mass is 79.9. The van der Waals surface area contributed by atoms with Crippen molar-refractivity contribution in [2.24, 2.45) is 0 Å². The molecule has 0 aliphatic heterocycles. The van der Waals surface area contributed by atoms with Crippen LogP contribution >= 0.6 is 27.5 Å². The van der Waals surface area contributed by atoms with Gasteiger partial charge in [-0.1, -0.05) is 41.9 Å². The molecule has 82 valence electrons. The summed E-state index contributed by atoms with van der Waals surface area (Å²) in [6.07, 6.45) is 0. The molecule has 0 saturated carbocycles. The predicted octanol–water partition coefficient (Wildman–Crippen LogP) is 3.68. The van der Waals surface area contributed by atoms with Crippen LogP contribution in [0.3, 0.4) is 0 Å². The Labute approximate surface area is 103 Å². The van der Waals surface area contributed by atoms with Crippen molar-refractivity contribution in [1.29, 1.82) is 0 Å². The molecule has 1 amide bonds. The minimum Gasteiger partial charge on any atom is -0.342 e. The minimum atomic E-state index is -0.514. The zero-order chi connectivity index (χ0) is 11.5. The first-order chi connectivity index (χ1) is 6.92. The molecule has 0 atom stereocenters. The maximum atomic E-state index is 10.6. The van der Waals surface area contributed by atoms with Gasteiger partial charge in [0.25, 0.3) is 0 Å². The molecule has 0 spiro atoms. The van der Waals surface area contributed by atoms with Gasteiger partial charge in [-0.2, -0.15) is 0 Å². The standard InChI is InChI=1S/C11H13BrClNO/c1-11(2,7-14-10(13)15)8-3-5-9(12)6-4-8/h3-6H,7H2,1-2H3,(H,14,15). The molecule has 1 aromatic rings. The van der Waals surface area contributed by atoms with E-state index in [1.807, 2.05) is 24.3 Å². The highest BCUT2D eigenvalue weighted by Gasteiger charge is 2.20. The Morgan fingerprint density at radius 2 is 1.93 bits per heavy atom. The Morgan fingerprint density at radius 1 is 1.40 bits per heavy atom. The smallest absolute Gasteiger partial charge is 0.313 e. The van der Waals surface area contributed by atoms with Gasteiger partial charge in [-0.25, -0.2) is 0 Å². The SMILES string of the molecule is CC(C)(CNC(=O)Cl)c1ccc(Br)cc1. The van der Waals surface area contributed by atoms with Crippen LogP contribution in [-0.4, -0.2) is 11.9 Å². The number of benzene rings is 1. The number of amides is 1. The highest BCUT2D eigenvalue weighted by Crippen LogP contribution is 2.23. The third-order valence-corrected chi connectivity index (χ3v) is 2.96. The second kappa shape index (κ2) is 4.99. The molecular weight excluding hydrogens is 277 g/mol. The molecule has 1 aromatic carbocycles. The molecule has 0 radical (unpaired) electrons. The van der Waals surface area contributed by atoms with Crippen molar-refractivity contribution in [1.82, 2.24) is 5.32 Å². The Hall–Kier alpha value is -0.540. The lowest BCUT2D eigenvalue weighted by Gasteiger charge is -2.25. The topological polar surface area (TPSA) is 29.1 Å². The van der Waals surface area contributed by atoms with E-state index in [0.717, 1.165) is 10.0 Å². The van der Waals surface area contributed by atoms with Gasteiger partial charge in [0.2, 0.25) is 0 Å². The molecule has 0 saturated heterocycles. The van der Waals surface area contributed by atoms with Gasteiger partial charge in [0, 0.05) is 16.4 Å². The fraction of sp³-hybridized carbons (Fsp3) is 0.364.